The fourth-order valence-corrected chi connectivity index (χ4v) is 1.89. The van der Waals surface area contributed by atoms with E-state index in [1.165, 1.54) is 64.6 Å². The van der Waals surface area contributed by atoms with Gasteiger partial charge >= 0.3 is 0 Å². The van der Waals surface area contributed by atoms with Crippen molar-refractivity contribution < 1.29 is 0 Å². The van der Waals surface area contributed by atoms with E-state index in [9.17, 15) is 0 Å². The smallest absolute Gasteiger partial charge is 0.00187 e. The predicted molar refractivity (Wildman–Crippen MR) is 69.2 cm³/mol. The number of rotatable bonds is 11. The van der Waals surface area contributed by atoms with E-state index >= 15 is 0 Å². The molecule has 2 N–H and O–H groups in total. The Hall–Kier alpha value is -0.0800. The lowest BCUT2D eigenvalue weighted by Crippen LogP contribution is -2.27. The van der Waals surface area contributed by atoms with Crippen molar-refractivity contribution in [3.63, 3.8) is 0 Å². The summed E-state index contributed by atoms with van der Waals surface area (Å²) in [6.07, 6.45) is 9.16. The van der Waals surface area contributed by atoms with Gasteiger partial charge in [-0.2, -0.15) is 0 Å². The van der Waals surface area contributed by atoms with E-state index in [-0.39, 0.29) is 0 Å². The normalized spacial score (nSPS) is 11.2. The van der Waals surface area contributed by atoms with Crippen LogP contribution in [0.1, 0.15) is 58.8 Å². The largest absolute Gasteiger partial charge is 0.330 e. The van der Waals surface area contributed by atoms with Crippen LogP contribution >= 0.6 is 0 Å². The minimum absolute atomic E-state index is 0.851. The van der Waals surface area contributed by atoms with Gasteiger partial charge in [-0.25, -0.2) is 0 Å². The van der Waals surface area contributed by atoms with E-state index < -0.39 is 0 Å². The van der Waals surface area contributed by atoms with Crippen molar-refractivity contribution in [1.82, 2.24) is 4.90 Å². The van der Waals surface area contributed by atoms with E-state index in [0.717, 1.165) is 6.54 Å². The molecule has 0 unspecified atom stereocenters. The summed E-state index contributed by atoms with van der Waals surface area (Å²) in [5.74, 6) is 0. The molecule has 0 bridgehead atoms. The molecule has 0 heterocycles. The first-order valence-corrected chi connectivity index (χ1v) is 6.77. The molecule has 0 saturated carbocycles. The number of unbranched alkanes of at least 4 members (excludes halogenated alkanes) is 4. The average molecular weight is 214 g/mol. The second-order valence-electron chi connectivity index (χ2n) is 4.40. The van der Waals surface area contributed by atoms with Gasteiger partial charge in [0.1, 0.15) is 0 Å². The highest BCUT2D eigenvalue weighted by atomic mass is 15.1. The molecule has 0 aliphatic rings. The molecule has 0 saturated heterocycles. The van der Waals surface area contributed by atoms with Crippen LogP contribution in [0.5, 0.6) is 0 Å². The molecule has 0 fully saturated rings. The van der Waals surface area contributed by atoms with Gasteiger partial charge in [-0.15, -0.1) is 0 Å². The molecule has 0 aliphatic heterocycles. The summed E-state index contributed by atoms with van der Waals surface area (Å²) < 4.78 is 0. The van der Waals surface area contributed by atoms with Gasteiger partial charge in [0.05, 0.1) is 0 Å². The Morgan fingerprint density at radius 1 is 0.733 bits per heavy atom. The van der Waals surface area contributed by atoms with Gasteiger partial charge < -0.3 is 10.6 Å². The van der Waals surface area contributed by atoms with Crippen LogP contribution in [-0.4, -0.2) is 31.1 Å². The molecule has 0 rings (SSSR count). The second-order valence-corrected chi connectivity index (χ2v) is 4.40. The molecule has 2 heteroatoms. The van der Waals surface area contributed by atoms with Crippen LogP contribution in [0.2, 0.25) is 0 Å². The van der Waals surface area contributed by atoms with E-state index in [1.807, 2.05) is 0 Å². The van der Waals surface area contributed by atoms with Gasteiger partial charge in [0.15, 0.2) is 0 Å². The molecule has 0 aromatic rings. The number of nitrogens with zero attached hydrogens (tertiary/aromatic N) is 1. The summed E-state index contributed by atoms with van der Waals surface area (Å²) in [6, 6.07) is 0. The molecule has 0 aromatic heterocycles. The van der Waals surface area contributed by atoms with Crippen molar-refractivity contribution in [1.29, 1.82) is 0 Å². The first kappa shape index (κ1) is 14.9. The summed E-state index contributed by atoms with van der Waals surface area (Å²) in [5, 5.41) is 0. The molecule has 0 radical (unpaired) electrons. The zero-order valence-corrected chi connectivity index (χ0v) is 10.8. The maximum atomic E-state index is 5.49. The van der Waals surface area contributed by atoms with Crippen LogP contribution in [0.25, 0.3) is 0 Å². The molecule has 0 aliphatic carbocycles. The Kier molecular flexibility index (Phi) is 11.9. The third-order valence-corrected chi connectivity index (χ3v) is 2.80. The minimum atomic E-state index is 0.851. The SMILES string of the molecule is CCCCCN(CCC)CCCCCN. The number of hydrogen-bond donors (Lipinski definition) is 1. The van der Waals surface area contributed by atoms with Gasteiger partial charge in [0.2, 0.25) is 0 Å². The fourth-order valence-electron chi connectivity index (χ4n) is 1.89. The van der Waals surface area contributed by atoms with Gasteiger partial charge in [-0.3, -0.25) is 0 Å². The van der Waals surface area contributed by atoms with Crippen molar-refractivity contribution in [2.45, 2.75) is 58.8 Å². The summed E-state index contributed by atoms with van der Waals surface area (Å²) in [5.41, 5.74) is 5.49. The van der Waals surface area contributed by atoms with Crippen LogP contribution in [0.15, 0.2) is 0 Å². The highest BCUT2D eigenvalue weighted by Crippen LogP contribution is 2.03. The lowest BCUT2D eigenvalue weighted by Gasteiger charge is -2.21. The topological polar surface area (TPSA) is 29.3 Å². The summed E-state index contributed by atoms with van der Waals surface area (Å²) in [6.45, 7) is 9.23. The van der Waals surface area contributed by atoms with E-state index in [2.05, 4.69) is 18.7 Å². The van der Waals surface area contributed by atoms with Gasteiger partial charge in [-0.1, -0.05) is 33.1 Å². The second kappa shape index (κ2) is 12.0. The van der Waals surface area contributed by atoms with E-state index in [1.54, 1.807) is 0 Å². The Morgan fingerprint density at radius 3 is 1.93 bits per heavy atom. The van der Waals surface area contributed by atoms with E-state index in [0.29, 0.717) is 0 Å². The molecular formula is C13H30N2. The molecule has 2 nitrogen and oxygen atoms in total. The van der Waals surface area contributed by atoms with Gasteiger partial charge in [0, 0.05) is 0 Å². The highest BCUT2D eigenvalue weighted by molar-refractivity contribution is 4.58. The molecule has 0 atom stereocenters. The molecular weight excluding hydrogens is 184 g/mol. The highest BCUT2D eigenvalue weighted by Gasteiger charge is 2.02. The molecule has 15 heavy (non-hydrogen) atoms. The van der Waals surface area contributed by atoms with Crippen LogP contribution < -0.4 is 5.73 Å². The maximum absolute atomic E-state index is 5.49. The third-order valence-electron chi connectivity index (χ3n) is 2.80. The number of hydrogen-bond acceptors (Lipinski definition) is 2. The van der Waals surface area contributed by atoms with Gasteiger partial charge in [0.25, 0.3) is 0 Å². The van der Waals surface area contributed by atoms with Crippen LogP contribution in [0.4, 0.5) is 0 Å². The third kappa shape index (κ3) is 10.2. The van der Waals surface area contributed by atoms with Crippen LogP contribution in [0, 0.1) is 0 Å². The van der Waals surface area contributed by atoms with Crippen molar-refractivity contribution in [2.75, 3.05) is 26.2 Å². The Labute approximate surface area is 96.2 Å². The van der Waals surface area contributed by atoms with Crippen molar-refractivity contribution >= 4 is 0 Å². The van der Waals surface area contributed by atoms with Crippen LogP contribution in [-0.2, 0) is 0 Å². The quantitative estimate of drug-likeness (QED) is 0.536. The van der Waals surface area contributed by atoms with Crippen molar-refractivity contribution in [2.24, 2.45) is 5.73 Å². The van der Waals surface area contributed by atoms with E-state index in [4.69, 9.17) is 5.73 Å². The summed E-state index contributed by atoms with van der Waals surface area (Å²) >= 11 is 0. The molecule has 0 aromatic carbocycles. The first-order chi connectivity index (χ1) is 7.35. The monoisotopic (exact) mass is 214 g/mol. The average Bonchev–Trinajstić information content (AvgIpc) is 2.24. The standard InChI is InChI=1S/C13H30N2/c1-3-5-8-12-15(11-4-2)13-9-6-7-10-14/h3-14H2,1-2H3. The van der Waals surface area contributed by atoms with Crippen molar-refractivity contribution in [3.8, 4) is 0 Å². The molecule has 0 amide bonds. The Bertz CT molecular complexity index is 115. The van der Waals surface area contributed by atoms with Crippen molar-refractivity contribution in [3.05, 3.63) is 0 Å². The summed E-state index contributed by atoms with van der Waals surface area (Å²) in [4.78, 5) is 2.62. The summed E-state index contributed by atoms with van der Waals surface area (Å²) in [7, 11) is 0. The molecule has 92 valence electrons. The van der Waals surface area contributed by atoms with Gasteiger partial charge in [-0.05, 0) is 51.9 Å². The zero-order valence-electron chi connectivity index (χ0n) is 10.8. The lowest BCUT2D eigenvalue weighted by atomic mass is 10.2. The lowest BCUT2D eigenvalue weighted by molar-refractivity contribution is 0.262. The fraction of sp³-hybridized carbons (Fsp3) is 1.00. The Balaban J connectivity index is 3.44. The molecule has 0 spiro atoms. The zero-order chi connectivity index (χ0) is 11.4. The number of nitrogens with two attached hydrogens (primary N) is 1. The van der Waals surface area contributed by atoms with Crippen LogP contribution in [0.3, 0.4) is 0 Å². The maximum Gasteiger partial charge on any atom is -0.00187 e. The Morgan fingerprint density at radius 2 is 1.40 bits per heavy atom. The predicted octanol–water partition coefficient (Wildman–Crippen LogP) is 3.02. The minimum Gasteiger partial charge on any atom is -0.330 e. The first-order valence-electron chi connectivity index (χ1n) is 6.77.